The highest BCUT2D eigenvalue weighted by atomic mass is 32.2. The van der Waals surface area contributed by atoms with Gasteiger partial charge in [0.15, 0.2) is 6.10 Å². The molecule has 1 unspecified atom stereocenters. The van der Waals surface area contributed by atoms with E-state index in [2.05, 4.69) is 37.4 Å². The Morgan fingerprint density at radius 3 is 2.14 bits per heavy atom. The monoisotopic (exact) mass is 391 g/mol. The third kappa shape index (κ3) is 5.40. The van der Waals surface area contributed by atoms with E-state index in [0.29, 0.717) is 5.75 Å². The van der Waals surface area contributed by atoms with Crippen LogP contribution < -0.4 is 10.1 Å². The van der Waals surface area contributed by atoms with Gasteiger partial charge in [0.2, 0.25) is 0 Å². The third-order valence-corrected chi connectivity index (χ3v) is 5.54. The fourth-order valence-electron chi connectivity index (χ4n) is 2.64. The minimum atomic E-state index is -0.577. The van der Waals surface area contributed by atoms with Crippen molar-refractivity contribution >= 4 is 23.4 Å². The van der Waals surface area contributed by atoms with Gasteiger partial charge < -0.3 is 10.1 Å². The van der Waals surface area contributed by atoms with Crippen molar-refractivity contribution in [3.63, 3.8) is 0 Å². The van der Waals surface area contributed by atoms with Crippen LogP contribution in [0.5, 0.6) is 5.75 Å². The van der Waals surface area contributed by atoms with Gasteiger partial charge in [-0.15, -0.1) is 0 Å². The quantitative estimate of drug-likeness (QED) is 0.546. The maximum Gasteiger partial charge on any atom is 0.265 e. The van der Waals surface area contributed by atoms with Crippen molar-refractivity contribution in [2.45, 2.75) is 43.6 Å². The summed E-state index contributed by atoms with van der Waals surface area (Å²) in [6, 6.07) is 22.0. The van der Waals surface area contributed by atoms with Crippen LogP contribution >= 0.6 is 11.8 Å². The summed E-state index contributed by atoms with van der Waals surface area (Å²) in [5, 5.41) is 2.91. The smallest absolute Gasteiger partial charge is 0.265 e. The Bertz CT molecular complexity index is 949. The van der Waals surface area contributed by atoms with Gasteiger partial charge in [-0.1, -0.05) is 35.5 Å². The van der Waals surface area contributed by atoms with Gasteiger partial charge in [0.1, 0.15) is 5.75 Å². The summed E-state index contributed by atoms with van der Waals surface area (Å²) in [7, 11) is 0. The number of carbonyl (C=O) groups excluding carboxylic acids is 1. The van der Waals surface area contributed by atoms with Crippen molar-refractivity contribution in [2.75, 3.05) is 5.32 Å². The van der Waals surface area contributed by atoms with Crippen molar-refractivity contribution in [1.82, 2.24) is 0 Å². The van der Waals surface area contributed by atoms with Crippen LogP contribution in [-0.4, -0.2) is 12.0 Å². The first-order valence-corrected chi connectivity index (χ1v) is 10.1. The zero-order chi connectivity index (χ0) is 20.1. The maximum atomic E-state index is 12.4. The summed E-state index contributed by atoms with van der Waals surface area (Å²) < 4.78 is 5.71. The molecule has 3 rings (SSSR count). The molecule has 0 saturated heterocycles. The van der Waals surface area contributed by atoms with Crippen molar-refractivity contribution in [1.29, 1.82) is 0 Å². The molecule has 0 bridgehead atoms. The zero-order valence-electron chi connectivity index (χ0n) is 16.7. The number of amides is 1. The van der Waals surface area contributed by atoms with E-state index in [4.69, 9.17) is 4.74 Å². The third-order valence-electron chi connectivity index (χ3n) is 4.54. The van der Waals surface area contributed by atoms with E-state index in [9.17, 15) is 4.79 Å². The van der Waals surface area contributed by atoms with Crippen molar-refractivity contribution in [3.05, 3.63) is 83.4 Å². The van der Waals surface area contributed by atoms with Gasteiger partial charge in [0.25, 0.3) is 5.91 Å². The van der Waals surface area contributed by atoms with E-state index in [1.165, 1.54) is 16.0 Å². The number of aryl methyl sites for hydroxylation is 3. The minimum Gasteiger partial charge on any atom is -0.481 e. The molecule has 3 aromatic rings. The van der Waals surface area contributed by atoms with Gasteiger partial charge in [-0.3, -0.25) is 4.79 Å². The molecule has 0 aliphatic heterocycles. The van der Waals surface area contributed by atoms with Gasteiger partial charge in [0, 0.05) is 15.5 Å². The highest BCUT2D eigenvalue weighted by Gasteiger charge is 2.15. The van der Waals surface area contributed by atoms with Gasteiger partial charge in [-0.2, -0.15) is 0 Å². The predicted octanol–water partition coefficient (Wildman–Crippen LogP) is 6.17. The molecule has 0 aromatic heterocycles. The second kappa shape index (κ2) is 8.98. The average molecular weight is 392 g/mol. The van der Waals surface area contributed by atoms with Gasteiger partial charge in [0.05, 0.1) is 0 Å². The fourth-order valence-corrected chi connectivity index (χ4v) is 3.55. The first-order valence-electron chi connectivity index (χ1n) is 9.30. The Labute approximate surface area is 171 Å². The zero-order valence-corrected chi connectivity index (χ0v) is 17.5. The summed E-state index contributed by atoms with van der Waals surface area (Å²) in [4.78, 5) is 14.7. The molecule has 0 heterocycles. The molecule has 4 heteroatoms. The summed E-state index contributed by atoms with van der Waals surface area (Å²) in [5.41, 5.74) is 4.50. The number of nitrogens with one attached hydrogen (secondary N) is 1. The Morgan fingerprint density at radius 1 is 0.857 bits per heavy atom. The standard InChI is InChI=1S/C24H25NO2S/c1-16-5-10-21(11-6-16)27-19(4)24(26)25-20-8-13-22(14-9-20)28-23-12-7-17(2)18(3)15-23/h5-15,19H,1-4H3,(H,25,26). The van der Waals surface area contributed by atoms with E-state index in [1.807, 2.05) is 55.5 Å². The number of ether oxygens (including phenoxy) is 1. The SMILES string of the molecule is Cc1ccc(OC(C)C(=O)Nc2ccc(Sc3ccc(C)c(C)c3)cc2)cc1. The largest absolute Gasteiger partial charge is 0.481 e. The number of carbonyl (C=O) groups is 1. The molecule has 0 spiro atoms. The topological polar surface area (TPSA) is 38.3 Å². The summed E-state index contributed by atoms with van der Waals surface area (Å²) in [6.07, 6.45) is -0.577. The minimum absolute atomic E-state index is 0.171. The molecule has 3 nitrogen and oxygen atoms in total. The molecule has 1 amide bonds. The van der Waals surface area contributed by atoms with Crippen LogP contribution in [0.15, 0.2) is 76.5 Å². The molecule has 1 N–H and O–H groups in total. The van der Waals surface area contributed by atoms with Gasteiger partial charge in [-0.25, -0.2) is 0 Å². The molecule has 0 radical (unpaired) electrons. The van der Waals surface area contributed by atoms with Gasteiger partial charge >= 0.3 is 0 Å². The van der Waals surface area contributed by atoms with Crippen LogP contribution in [0.1, 0.15) is 23.6 Å². The molecule has 0 fully saturated rings. The predicted molar refractivity (Wildman–Crippen MR) is 116 cm³/mol. The van der Waals surface area contributed by atoms with Crippen LogP contribution in [-0.2, 0) is 4.79 Å². The van der Waals surface area contributed by atoms with E-state index in [1.54, 1.807) is 18.7 Å². The Balaban J connectivity index is 1.57. The molecular formula is C24H25NO2S. The maximum absolute atomic E-state index is 12.4. The molecule has 28 heavy (non-hydrogen) atoms. The number of hydrogen-bond acceptors (Lipinski definition) is 3. The highest BCUT2D eigenvalue weighted by molar-refractivity contribution is 7.99. The number of anilines is 1. The molecule has 3 aromatic carbocycles. The molecular weight excluding hydrogens is 366 g/mol. The van der Waals surface area contributed by atoms with Crippen LogP contribution in [0.4, 0.5) is 5.69 Å². The molecule has 0 aliphatic rings. The Kier molecular flexibility index (Phi) is 6.42. The summed E-state index contributed by atoms with van der Waals surface area (Å²) >= 11 is 1.71. The fraction of sp³-hybridized carbons (Fsp3) is 0.208. The summed E-state index contributed by atoms with van der Waals surface area (Å²) in [6.45, 7) is 8.00. The van der Waals surface area contributed by atoms with E-state index >= 15 is 0 Å². The lowest BCUT2D eigenvalue weighted by atomic mass is 10.1. The molecule has 0 saturated carbocycles. The molecule has 0 aliphatic carbocycles. The molecule has 1 atom stereocenters. The number of hydrogen-bond donors (Lipinski definition) is 1. The van der Waals surface area contributed by atoms with Crippen molar-refractivity contribution in [2.24, 2.45) is 0 Å². The van der Waals surface area contributed by atoms with Crippen molar-refractivity contribution < 1.29 is 9.53 Å². The Hall–Kier alpha value is -2.72. The Morgan fingerprint density at radius 2 is 1.50 bits per heavy atom. The number of benzene rings is 3. The van der Waals surface area contributed by atoms with Crippen LogP contribution in [0.3, 0.4) is 0 Å². The highest BCUT2D eigenvalue weighted by Crippen LogP contribution is 2.29. The average Bonchev–Trinajstić information content (AvgIpc) is 2.68. The van der Waals surface area contributed by atoms with Crippen molar-refractivity contribution in [3.8, 4) is 5.75 Å². The first kappa shape index (κ1) is 20.0. The van der Waals surface area contributed by atoms with E-state index in [0.717, 1.165) is 16.1 Å². The normalized spacial score (nSPS) is 11.7. The van der Waals surface area contributed by atoms with Crippen LogP contribution in [0.2, 0.25) is 0 Å². The van der Waals surface area contributed by atoms with Gasteiger partial charge in [-0.05, 0) is 87.4 Å². The van der Waals surface area contributed by atoms with Crippen LogP contribution in [0.25, 0.3) is 0 Å². The summed E-state index contributed by atoms with van der Waals surface area (Å²) in [5.74, 6) is 0.517. The van der Waals surface area contributed by atoms with Crippen LogP contribution in [0, 0.1) is 20.8 Å². The van der Waals surface area contributed by atoms with E-state index in [-0.39, 0.29) is 5.91 Å². The first-order chi connectivity index (χ1) is 13.4. The van der Waals surface area contributed by atoms with E-state index < -0.39 is 6.10 Å². The number of rotatable bonds is 6. The second-order valence-corrected chi connectivity index (χ2v) is 8.08. The lowest BCUT2D eigenvalue weighted by Crippen LogP contribution is -2.30. The molecule has 144 valence electrons. The lowest BCUT2D eigenvalue weighted by Gasteiger charge is -2.15. The second-order valence-electron chi connectivity index (χ2n) is 6.93. The lowest BCUT2D eigenvalue weighted by molar-refractivity contribution is -0.122.